The molecular weight excluding hydrogens is 943 g/mol. The van der Waals surface area contributed by atoms with E-state index in [0.717, 1.165) is 80.4 Å². The van der Waals surface area contributed by atoms with Gasteiger partial charge in [-0.25, -0.2) is 0 Å². The van der Waals surface area contributed by atoms with Crippen molar-refractivity contribution < 1.29 is 24.5 Å². The highest BCUT2D eigenvalue weighted by Crippen LogP contribution is 2.75. The van der Waals surface area contributed by atoms with Gasteiger partial charge in [0, 0.05) is 37.8 Å². The zero-order chi connectivity index (χ0) is 52.4. The summed E-state index contributed by atoms with van der Waals surface area (Å²) in [5.41, 5.74) is 14.6. The summed E-state index contributed by atoms with van der Waals surface area (Å²) in [6.45, 7) is 5.74. The van der Waals surface area contributed by atoms with E-state index in [0.29, 0.717) is 78.6 Å². The van der Waals surface area contributed by atoms with E-state index in [1.807, 2.05) is 19.2 Å². The number of fused-ring (bicyclic) bond motifs is 4. The van der Waals surface area contributed by atoms with Gasteiger partial charge in [-0.15, -0.1) is 0 Å². The quantitative estimate of drug-likeness (QED) is 0.0330. The topological polar surface area (TPSA) is 158 Å². The molecule has 6 saturated carbocycles. The van der Waals surface area contributed by atoms with Crippen LogP contribution >= 0.6 is 0 Å². The molecule has 3 heterocycles. The number of ether oxygens (including phenoxy) is 1. The molecule has 406 valence electrons. The zero-order valence-electron chi connectivity index (χ0n) is 45.5. The molecule has 1 saturated heterocycles. The molecule has 8 N–H and O–H groups in total. The molecule has 12 rings (SSSR count). The van der Waals surface area contributed by atoms with Gasteiger partial charge in [0.05, 0.1) is 25.8 Å². The molecule has 13 atom stereocenters. The van der Waals surface area contributed by atoms with Gasteiger partial charge in [-0.1, -0.05) is 85.7 Å². The highest BCUT2D eigenvalue weighted by atomic mass is 16.5. The van der Waals surface area contributed by atoms with Crippen LogP contribution in [0.4, 0.5) is 0 Å². The van der Waals surface area contributed by atoms with Gasteiger partial charge in [0.1, 0.15) is 5.78 Å². The molecule has 10 heteroatoms. The number of hydrogen-bond donors (Lipinski definition) is 7. The number of aryl methyl sites for hydroxylation is 3. The number of allylic oxidation sites excluding steroid dienone is 3. The number of carbonyl (C=O) groups excluding carboxylic acids is 2. The van der Waals surface area contributed by atoms with Gasteiger partial charge in [-0.2, -0.15) is 0 Å². The number of dihydropyridines is 1. The highest BCUT2D eigenvalue weighted by molar-refractivity contribution is 6.06. The summed E-state index contributed by atoms with van der Waals surface area (Å²) in [4.78, 5) is 28.5. The normalized spacial score (nSPS) is 32.5. The Morgan fingerprint density at radius 3 is 2.53 bits per heavy atom. The number of nitrogens with one attached hydrogen (secondary N) is 4. The molecule has 3 aromatic carbocycles. The average molecular weight is 1030 g/mol. The number of rotatable bonds is 20. The predicted octanol–water partition coefficient (Wildman–Crippen LogP) is 9.72. The number of aromatic hydroxyl groups is 1. The van der Waals surface area contributed by atoms with Crippen LogP contribution in [-0.4, -0.2) is 79.4 Å². The van der Waals surface area contributed by atoms with Crippen LogP contribution in [-0.2, 0) is 35.3 Å². The van der Waals surface area contributed by atoms with E-state index in [2.05, 4.69) is 94.1 Å². The number of aliphatic hydroxyl groups is 1. The lowest BCUT2D eigenvalue weighted by atomic mass is 9.50. The molecule has 4 bridgehead atoms. The Hall–Kier alpha value is -4.84. The van der Waals surface area contributed by atoms with E-state index in [9.17, 15) is 19.8 Å². The first-order valence-electron chi connectivity index (χ1n) is 29.7. The van der Waals surface area contributed by atoms with Gasteiger partial charge in [0.15, 0.2) is 17.3 Å². The van der Waals surface area contributed by atoms with E-state index in [-0.39, 0.29) is 46.7 Å². The monoisotopic (exact) mass is 1030 g/mol. The Balaban J connectivity index is 0.792. The van der Waals surface area contributed by atoms with Gasteiger partial charge in [0.2, 0.25) is 0 Å². The van der Waals surface area contributed by atoms with E-state index < -0.39 is 6.10 Å². The second kappa shape index (κ2) is 23.2. The van der Waals surface area contributed by atoms with Crippen molar-refractivity contribution in [3.05, 3.63) is 136 Å². The molecule has 1 spiro atoms. The van der Waals surface area contributed by atoms with E-state index in [4.69, 9.17) is 10.5 Å². The number of ketones is 2. The molecule has 10 nitrogen and oxygen atoms in total. The molecule has 3 aliphatic heterocycles. The van der Waals surface area contributed by atoms with Crippen LogP contribution < -0.4 is 31.7 Å². The van der Waals surface area contributed by atoms with Crippen molar-refractivity contribution >= 4 is 17.6 Å². The zero-order valence-corrected chi connectivity index (χ0v) is 45.5. The number of nitrogens with two attached hydrogens (primary N) is 1. The third-order valence-electron chi connectivity index (χ3n) is 20.8. The third kappa shape index (κ3) is 11.1. The standard InChI is InChI=1S/C66H87N5O5/c1-42(72)39-71-64-58-22-20-47-34-61(65(64)24-6-7-25-65)66(58,38-57-56-23-27-68-40-53(56)29-49-14-9-26-69-63(49)57)37-51(47)31-55(74)36-54(73)21-19-46-33-60(76-2)59(75)32-50(46)30-52-41-70-62(67)35-48(52)18-17-45-13-8-12-44(28-45)16-15-43-10-4-3-5-11-43/h3-5,8-14,19,21,28,32-33,35,41-42,47,49,51,53,56-58,61-64,68-72,75H,6-7,15-18,20,22-27,29-31,34,36-40,67H2,1-2H3/b21-19+/t42-,47-,49-,51-,53-,56+,57-,58+,61-,62?,63+,64+,66-/m0/s1. The SMILES string of the molecule is COc1cc(/C=C/C(=O)CC(=O)C[C@H]2C[C@]3(C[C@H]4[C@@H]5CCNC[C@@H]5C[C@@H]5C=CCN[C@@H]45)[C@@H]4CC[C@H]2C[C@H]3C2(CCCC2)[C@@H]4NC[C@H](C)O)c(CC2=CNC(N)C=C2CCc2cccc(CCc3ccccc3)c2)cc1O. The van der Waals surface area contributed by atoms with Gasteiger partial charge in [-0.3, -0.25) is 9.59 Å². The van der Waals surface area contributed by atoms with Crippen LogP contribution in [0, 0.1) is 58.2 Å². The van der Waals surface area contributed by atoms with E-state index in [1.165, 1.54) is 81.6 Å². The van der Waals surface area contributed by atoms with Crippen LogP contribution in [0.3, 0.4) is 0 Å². The Labute approximate surface area is 453 Å². The summed E-state index contributed by atoms with van der Waals surface area (Å²) in [6.07, 6.45) is 29.7. The van der Waals surface area contributed by atoms with Gasteiger partial charge in [-0.05, 0) is 231 Å². The summed E-state index contributed by atoms with van der Waals surface area (Å²) in [7, 11) is 1.54. The fourth-order valence-corrected chi connectivity index (χ4v) is 17.7. The molecular formula is C66H87N5O5. The fourth-order valence-electron chi connectivity index (χ4n) is 17.7. The van der Waals surface area contributed by atoms with Crippen molar-refractivity contribution in [3.63, 3.8) is 0 Å². The summed E-state index contributed by atoms with van der Waals surface area (Å²) in [6, 6.07) is 23.9. The lowest BCUT2D eigenvalue weighted by Crippen LogP contribution is -2.58. The van der Waals surface area contributed by atoms with Crippen LogP contribution in [0.15, 0.2) is 108 Å². The van der Waals surface area contributed by atoms with E-state index in [1.54, 1.807) is 18.2 Å². The van der Waals surface area contributed by atoms with Crippen molar-refractivity contribution in [2.45, 2.75) is 147 Å². The number of Topliss-reactive ketones (excluding diaryl/α,β-unsaturated/α-hetero) is 1. The molecule has 7 fully saturated rings. The van der Waals surface area contributed by atoms with Crippen molar-refractivity contribution in [1.82, 2.24) is 21.3 Å². The molecule has 0 radical (unpaired) electrons. The first-order valence-corrected chi connectivity index (χ1v) is 29.7. The summed E-state index contributed by atoms with van der Waals surface area (Å²) in [5, 5.41) is 37.1. The molecule has 76 heavy (non-hydrogen) atoms. The van der Waals surface area contributed by atoms with Gasteiger partial charge >= 0.3 is 0 Å². The Morgan fingerprint density at radius 2 is 1.72 bits per heavy atom. The minimum Gasteiger partial charge on any atom is -0.504 e. The summed E-state index contributed by atoms with van der Waals surface area (Å²) < 4.78 is 5.58. The number of phenols is 1. The molecule has 3 aromatic rings. The second-order valence-corrected chi connectivity index (χ2v) is 25.1. The maximum atomic E-state index is 14.5. The largest absolute Gasteiger partial charge is 0.504 e. The van der Waals surface area contributed by atoms with Crippen LogP contribution in [0.5, 0.6) is 11.5 Å². The summed E-state index contributed by atoms with van der Waals surface area (Å²) in [5.74, 6) is 4.71. The number of phenolic OH excluding ortho intramolecular Hbond substituents is 1. The molecule has 1 unspecified atom stereocenters. The Morgan fingerprint density at radius 1 is 0.934 bits per heavy atom. The molecule has 6 aliphatic carbocycles. The Bertz CT molecular complexity index is 2670. The maximum Gasteiger partial charge on any atom is 0.163 e. The second-order valence-electron chi connectivity index (χ2n) is 25.1. The van der Waals surface area contributed by atoms with E-state index >= 15 is 0 Å². The Kier molecular flexibility index (Phi) is 16.3. The van der Waals surface area contributed by atoms with Crippen molar-refractivity contribution in [1.29, 1.82) is 0 Å². The van der Waals surface area contributed by atoms with Crippen molar-refractivity contribution in [3.8, 4) is 11.5 Å². The number of methoxy groups -OCH3 is 1. The third-order valence-corrected chi connectivity index (χ3v) is 20.8. The number of carbonyl (C=O) groups is 2. The van der Waals surface area contributed by atoms with Crippen molar-refractivity contribution in [2.75, 3.05) is 33.3 Å². The number of benzene rings is 3. The molecule has 0 amide bonds. The number of hydrogen-bond acceptors (Lipinski definition) is 10. The van der Waals surface area contributed by atoms with Crippen LogP contribution in [0.1, 0.15) is 125 Å². The minimum absolute atomic E-state index is 0.0357. The number of aliphatic hydroxyl groups excluding tert-OH is 1. The predicted molar refractivity (Wildman–Crippen MR) is 303 cm³/mol. The maximum absolute atomic E-state index is 14.5. The van der Waals surface area contributed by atoms with Crippen LogP contribution in [0.2, 0.25) is 0 Å². The average Bonchev–Trinajstić information content (AvgIpc) is 3.95. The van der Waals surface area contributed by atoms with Crippen LogP contribution in [0.25, 0.3) is 6.08 Å². The molecule has 9 aliphatic rings. The summed E-state index contributed by atoms with van der Waals surface area (Å²) >= 11 is 0. The first kappa shape index (κ1) is 53.2. The van der Waals surface area contributed by atoms with Gasteiger partial charge < -0.3 is 42.0 Å². The highest BCUT2D eigenvalue weighted by Gasteiger charge is 2.71. The van der Waals surface area contributed by atoms with Gasteiger partial charge in [0.25, 0.3) is 0 Å². The smallest absolute Gasteiger partial charge is 0.163 e. The fraction of sp³-hybridized carbons (Fsp3) is 0.576. The minimum atomic E-state index is -0.391. The van der Waals surface area contributed by atoms with Crippen molar-refractivity contribution in [2.24, 2.45) is 63.9 Å². The first-order chi connectivity index (χ1) is 37.0. The lowest BCUT2D eigenvalue weighted by molar-refractivity contribution is -0.127. The number of piperidine rings is 1. The lowest BCUT2D eigenvalue weighted by Gasteiger charge is -2.56. The molecule has 0 aromatic heterocycles.